The molecule has 2 N–H and O–H groups in total. The lowest BCUT2D eigenvalue weighted by molar-refractivity contribution is -0.144. The molecule has 0 aromatic heterocycles. The number of hydrogen-bond acceptors (Lipinski definition) is 7. The topological polar surface area (TPSA) is 123 Å². The number of methoxy groups -OCH3 is 1. The van der Waals surface area contributed by atoms with Gasteiger partial charge in [0.2, 0.25) is 0 Å². The Hall–Kier alpha value is -4.96. The Morgan fingerprint density at radius 2 is 1.32 bits per heavy atom. The first kappa shape index (κ1) is 36.5. The lowest BCUT2D eigenvalue weighted by Gasteiger charge is -2.34. The van der Waals surface area contributed by atoms with Crippen LogP contribution in [0.25, 0.3) is 0 Å². The van der Waals surface area contributed by atoms with Gasteiger partial charge in [-0.15, -0.1) is 0 Å². The average Bonchev–Trinajstić information content (AvgIpc) is 3.80. The molecule has 1 fully saturated rings. The maximum absolute atomic E-state index is 13.0. The van der Waals surface area contributed by atoms with Gasteiger partial charge in [0.05, 0.1) is 12.6 Å². The van der Waals surface area contributed by atoms with Gasteiger partial charge >= 0.3 is 18.2 Å². The van der Waals surface area contributed by atoms with Crippen molar-refractivity contribution in [1.29, 1.82) is 0 Å². The smallest absolute Gasteiger partial charge is 0.410 e. The second-order valence-electron chi connectivity index (χ2n) is 13.9. The monoisotopic (exact) mass is 643 g/mol. The molecule has 47 heavy (non-hydrogen) atoms. The first-order valence-corrected chi connectivity index (χ1v) is 15.5. The summed E-state index contributed by atoms with van der Waals surface area (Å²) < 4.78 is 15.8. The summed E-state index contributed by atoms with van der Waals surface area (Å²) in [5, 5.41) is 5.29. The summed E-state index contributed by atoms with van der Waals surface area (Å²) in [5.41, 5.74) is 0.194. The standard InChI is InChI=1S/C37H45N3O7/c1-35(2,3)46-33(43)39-37(7,8)30(32(42)45-9)38-31(41)28-20-18-26(19-21-28)13-11-10-12-25-14-16-27(17-15-25)24-40(29-22-23-29)34(44)47-36(4,5)6/h14-21,29-30H,22-24H2,1-9H3,(H,38,41)(H,39,43). The van der Waals surface area contributed by atoms with Crippen LogP contribution < -0.4 is 10.6 Å². The van der Waals surface area contributed by atoms with Gasteiger partial charge in [-0.1, -0.05) is 24.0 Å². The minimum absolute atomic E-state index is 0.222. The van der Waals surface area contributed by atoms with Gasteiger partial charge in [0.1, 0.15) is 17.2 Å². The molecule has 10 heteroatoms. The van der Waals surface area contributed by atoms with Crippen molar-refractivity contribution in [3.05, 3.63) is 70.8 Å². The van der Waals surface area contributed by atoms with Crippen molar-refractivity contribution in [1.82, 2.24) is 15.5 Å². The van der Waals surface area contributed by atoms with Crippen molar-refractivity contribution in [3.63, 3.8) is 0 Å². The number of ether oxygens (including phenoxy) is 3. The second kappa shape index (κ2) is 15.1. The van der Waals surface area contributed by atoms with Crippen molar-refractivity contribution in [2.75, 3.05) is 7.11 Å². The summed E-state index contributed by atoms with van der Waals surface area (Å²) in [7, 11) is 1.20. The quantitative estimate of drug-likeness (QED) is 0.219. The zero-order valence-corrected chi connectivity index (χ0v) is 28.7. The van der Waals surface area contributed by atoms with E-state index in [2.05, 4.69) is 34.3 Å². The van der Waals surface area contributed by atoms with Gasteiger partial charge in [-0.3, -0.25) is 4.79 Å². The van der Waals surface area contributed by atoms with E-state index in [9.17, 15) is 19.2 Å². The largest absolute Gasteiger partial charge is 0.467 e. The van der Waals surface area contributed by atoms with Crippen molar-refractivity contribution in [2.24, 2.45) is 0 Å². The molecule has 1 atom stereocenters. The maximum atomic E-state index is 13.0. The molecule has 0 spiro atoms. The van der Waals surface area contributed by atoms with Crippen LogP contribution in [0.4, 0.5) is 9.59 Å². The number of nitrogens with zero attached hydrogens (tertiary/aromatic N) is 1. The fourth-order valence-corrected chi connectivity index (χ4v) is 4.36. The molecular weight excluding hydrogens is 598 g/mol. The molecule has 1 aliphatic carbocycles. The zero-order chi connectivity index (χ0) is 35.0. The van der Waals surface area contributed by atoms with Crippen molar-refractivity contribution < 1.29 is 33.4 Å². The van der Waals surface area contributed by atoms with Gasteiger partial charge < -0.3 is 29.7 Å². The highest BCUT2D eigenvalue weighted by molar-refractivity contribution is 5.97. The zero-order valence-electron chi connectivity index (χ0n) is 28.7. The Morgan fingerprint density at radius 3 is 1.79 bits per heavy atom. The molecule has 0 bridgehead atoms. The third-order valence-corrected chi connectivity index (χ3v) is 6.80. The number of nitrogens with one attached hydrogen (secondary N) is 2. The van der Waals surface area contributed by atoms with Crippen LogP contribution in [0.2, 0.25) is 0 Å². The first-order chi connectivity index (χ1) is 21.9. The van der Waals surface area contributed by atoms with Crippen LogP contribution >= 0.6 is 0 Å². The Bertz CT molecular complexity index is 1570. The molecular formula is C37H45N3O7. The van der Waals surface area contributed by atoms with E-state index in [1.807, 2.05) is 45.0 Å². The van der Waals surface area contributed by atoms with Gasteiger partial charge in [0.15, 0.2) is 0 Å². The average molecular weight is 644 g/mol. The van der Waals surface area contributed by atoms with E-state index >= 15 is 0 Å². The summed E-state index contributed by atoms with van der Waals surface area (Å²) >= 11 is 0. The molecule has 250 valence electrons. The molecule has 2 aromatic carbocycles. The molecule has 0 aliphatic heterocycles. The van der Waals surface area contributed by atoms with Gasteiger partial charge in [0, 0.05) is 29.3 Å². The van der Waals surface area contributed by atoms with E-state index in [-0.39, 0.29) is 17.7 Å². The van der Waals surface area contributed by atoms with Crippen LogP contribution in [0, 0.1) is 23.7 Å². The fraction of sp³-hybridized carbons (Fsp3) is 0.459. The van der Waals surface area contributed by atoms with E-state index in [0.717, 1.165) is 24.0 Å². The maximum Gasteiger partial charge on any atom is 0.410 e. The summed E-state index contributed by atoms with van der Waals surface area (Å²) in [6.07, 6.45) is 0.945. The van der Waals surface area contributed by atoms with E-state index in [1.54, 1.807) is 63.8 Å². The molecule has 1 unspecified atom stereocenters. The lowest BCUT2D eigenvalue weighted by Crippen LogP contribution is -2.62. The predicted molar refractivity (Wildman–Crippen MR) is 178 cm³/mol. The molecule has 3 amide bonds. The second-order valence-corrected chi connectivity index (χ2v) is 13.9. The highest BCUT2D eigenvalue weighted by atomic mass is 16.6. The minimum Gasteiger partial charge on any atom is -0.467 e. The van der Waals surface area contributed by atoms with E-state index in [4.69, 9.17) is 14.2 Å². The van der Waals surface area contributed by atoms with Crippen LogP contribution in [0.1, 0.15) is 95.3 Å². The number of carbonyl (C=O) groups excluding carboxylic acids is 4. The van der Waals surface area contributed by atoms with Gasteiger partial charge in [-0.2, -0.15) is 0 Å². The highest BCUT2D eigenvalue weighted by Crippen LogP contribution is 2.30. The van der Waals surface area contributed by atoms with Crippen LogP contribution in [0.15, 0.2) is 48.5 Å². The van der Waals surface area contributed by atoms with Crippen molar-refractivity contribution >= 4 is 24.1 Å². The molecule has 2 aromatic rings. The molecule has 0 saturated heterocycles. The normalized spacial score (nSPS) is 13.4. The van der Waals surface area contributed by atoms with Crippen molar-refractivity contribution in [2.45, 2.75) is 104 Å². The first-order valence-electron chi connectivity index (χ1n) is 15.5. The molecule has 0 radical (unpaired) electrons. The van der Waals surface area contributed by atoms with Crippen molar-refractivity contribution in [3.8, 4) is 23.7 Å². The molecule has 1 saturated carbocycles. The van der Waals surface area contributed by atoms with Crippen LogP contribution in [0.3, 0.4) is 0 Å². The number of alkyl carbamates (subject to hydrolysis) is 1. The summed E-state index contributed by atoms with van der Waals surface area (Å²) in [6.45, 7) is 14.4. The summed E-state index contributed by atoms with van der Waals surface area (Å²) in [6, 6.07) is 13.2. The molecule has 3 rings (SSSR count). The van der Waals surface area contributed by atoms with Crippen LogP contribution in [-0.4, -0.2) is 64.9 Å². The Labute approximate surface area is 277 Å². The molecule has 10 nitrogen and oxygen atoms in total. The lowest BCUT2D eigenvalue weighted by atomic mass is 9.94. The van der Waals surface area contributed by atoms with Crippen LogP contribution in [-0.2, 0) is 25.5 Å². The van der Waals surface area contributed by atoms with Gasteiger partial charge in [0.25, 0.3) is 5.91 Å². The number of amides is 3. The SMILES string of the molecule is COC(=O)C(NC(=O)c1ccc(C#CC#Cc2ccc(CN(C(=O)OC(C)(C)C)C3CC3)cc2)cc1)C(C)(C)NC(=O)OC(C)(C)C. The predicted octanol–water partition coefficient (Wildman–Crippen LogP) is 5.56. The number of carbonyl (C=O) groups is 4. The van der Waals surface area contributed by atoms with Gasteiger partial charge in [-0.05, 0) is 122 Å². The van der Waals surface area contributed by atoms with E-state index in [1.165, 1.54) is 7.11 Å². The Kier molecular flexibility index (Phi) is 11.7. The van der Waals surface area contributed by atoms with Crippen LogP contribution in [0.5, 0.6) is 0 Å². The fourth-order valence-electron chi connectivity index (χ4n) is 4.36. The van der Waals surface area contributed by atoms with E-state index < -0.39 is 40.8 Å². The van der Waals surface area contributed by atoms with Gasteiger partial charge in [-0.25, -0.2) is 14.4 Å². The Morgan fingerprint density at radius 1 is 0.809 bits per heavy atom. The molecule has 0 heterocycles. The summed E-state index contributed by atoms with van der Waals surface area (Å²) in [4.78, 5) is 52.4. The third-order valence-electron chi connectivity index (χ3n) is 6.80. The number of rotatable bonds is 8. The number of benzene rings is 2. The highest BCUT2D eigenvalue weighted by Gasteiger charge is 2.40. The number of hydrogen-bond donors (Lipinski definition) is 2. The third kappa shape index (κ3) is 12.1. The minimum atomic E-state index is -1.23. The van der Waals surface area contributed by atoms with E-state index in [0.29, 0.717) is 12.1 Å². The number of esters is 1. The summed E-state index contributed by atoms with van der Waals surface area (Å²) in [5.74, 6) is 10.4. The molecule has 1 aliphatic rings. The Balaban J connectivity index is 1.60.